The molecule has 140 valence electrons. The van der Waals surface area contributed by atoms with Gasteiger partial charge in [0, 0.05) is 19.8 Å². The Kier molecular flexibility index (Phi) is 4.81. The number of nitrogens with zero attached hydrogens (tertiary/aromatic N) is 3. The van der Waals surface area contributed by atoms with Crippen LogP contribution in [0.2, 0.25) is 0 Å². The second kappa shape index (κ2) is 7.12. The van der Waals surface area contributed by atoms with Crippen molar-refractivity contribution in [3.8, 4) is 10.8 Å². The first kappa shape index (κ1) is 18.2. The zero-order valence-electron chi connectivity index (χ0n) is 14.4. The third-order valence-corrected chi connectivity index (χ3v) is 7.28. The van der Waals surface area contributed by atoms with E-state index in [1.807, 2.05) is 17.5 Å². The average molecular weight is 422 g/mol. The van der Waals surface area contributed by atoms with E-state index in [1.54, 1.807) is 23.7 Å². The maximum atomic E-state index is 12.2. The summed E-state index contributed by atoms with van der Waals surface area (Å²) in [6, 6.07) is 8.55. The number of benzene rings is 1. The van der Waals surface area contributed by atoms with Crippen molar-refractivity contribution in [3.63, 3.8) is 0 Å². The van der Waals surface area contributed by atoms with Crippen molar-refractivity contribution in [1.29, 1.82) is 0 Å². The Morgan fingerprint density at radius 2 is 2.07 bits per heavy atom. The highest BCUT2D eigenvalue weighted by molar-refractivity contribution is 7.98. The van der Waals surface area contributed by atoms with E-state index in [1.165, 1.54) is 42.3 Å². The van der Waals surface area contributed by atoms with Gasteiger partial charge < -0.3 is 8.83 Å². The minimum atomic E-state index is -3.51. The topological polar surface area (TPSA) is 89.4 Å². The van der Waals surface area contributed by atoms with Gasteiger partial charge in [-0.1, -0.05) is 17.8 Å². The molecule has 7 nitrogen and oxygen atoms in total. The molecule has 1 aromatic carbocycles. The molecule has 3 aromatic heterocycles. The monoisotopic (exact) mass is 421 g/mol. The molecule has 0 bridgehead atoms. The molecule has 0 aliphatic rings. The fourth-order valence-corrected chi connectivity index (χ4v) is 4.63. The molecule has 0 fully saturated rings. The largest absolute Gasteiger partial charge is 0.444 e. The Morgan fingerprint density at radius 3 is 2.81 bits per heavy atom. The molecule has 0 unspecified atom stereocenters. The summed E-state index contributed by atoms with van der Waals surface area (Å²) in [6.45, 7) is 0. The summed E-state index contributed by atoms with van der Waals surface area (Å²) in [5.41, 5.74) is 1.82. The fourth-order valence-electron chi connectivity index (χ4n) is 2.34. The summed E-state index contributed by atoms with van der Waals surface area (Å²) >= 11 is 2.94. The Hall–Kier alpha value is -2.14. The van der Waals surface area contributed by atoms with E-state index in [0.717, 1.165) is 10.6 Å². The first-order chi connectivity index (χ1) is 12.9. The molecule has 3 heterocycles. The van der Waals surface area contributed by atoms with Crippen LogP contribution in [0.3, 0.4) is 0 Å². The van der Waals surface area contributed by atoms with Crippen molar-refractivity contribution in [2.45, 2.75) is 15.9 Å². The normalized spacial score (nSPS) is 12.3. The van der Waals surface area contributed by atoms with Crippen LogP contribution in [0.5, 0.6) is 0 Å². The molecular weight excluding hydrogens is 406 g/mol. The van der Waals surface area contributed by atoms with Gasteiger partial charge in [0.1, 0.15) is 11.8 Å². The van der Waals surface area contributed by atoms with Gasteiger partial charge in [-0.05, 0) is 29.6 Å². The van der Waals surface area contributed by atoms with E-state index in [-0.39, 0.29) is 4.90 Å². The van der Waals surface area contributed by atoms with Crippen molar-refractivity contribution in [3.05, 3.63) is 47.7 Å². The maximum Gasteiger partial charge on any atom is 0.257 e. The standard InChI is InChI=1S/C17H15N3O4S3/c1-20(2)27(21,22)12-5-6-14-13(8-12)19-17(24-14)26-10-11-9-23-16(18-11)15-4-3-7-25-15/h3-9H,10H2,1-2H3. The molecule has 0 spiro atoms. The van der Waals surface area contributed by atoms with E-state index >= 15 is 0 Å². The van der Waals surface area contributed by atoms with Gasteiger partial charge in [0.2, 0.25) is 15.9 Å². The van der Waals surface area contributed by atoms with Gasteiger partial charge in [-0.3, -0.25) is 0 Å². The maximum absolute atomic E-state index is 12.2. The lowest BCUT2D eigenvalue weighted by Crippen LogP contribution is -2.22. The molecule has 0 aliphatic heterocycles. The molecule has 0 atom stereocenters. The molecular formula is C17H15N3O4S3. The van der Waals surface area contributed by atoms with E-state index < -0.39 is 10.0 Å². The number of hydrogen-bond acceptors (Lipinski definition) is 8. The fraction of sp³-hybridized carbons (Fsp3) is 0.176. The van der Waals surface area contributed by atoms with Crippen LogP contribution in [0.1, 0.15) is 5.69 Å². The van der Waals surface area contributed by atoms with Gasteiger partial charge in [-0.25, -0.2) is 22.7 Å². The van der Waals surface area contributed by atoms with Gasteiger partial charge in [-0.15, -0.1) is 11.3 Å². The van der Waals surface area contributed by atoms with E-state index in [2.05, 4.69) is 9.97 Å². The van der Waals surface area contributed by atoms with Gasteiger partial charge in [0.25, 0.3) is 5.22 Å². The highest BCUT2D eigenvalue weighted by atomic mass is 32.2. The predicted octanol–water partition coefficient (Wildman–Crippen LogP) is 4.09. The van der Waals surface area contributed by atoms with Crippen LogP contribution >= 0.6 is 23.1 Å². The highest BCUT2D eigenvalue weighted by Crippen LogP contribution is 2.29. The Bertz CT molecular complexity index is 1180. The zero-order valence-corrected chi connectivity index (χ0v) is 16.9. The first-order valence-electron chi connectivity index (χ1n) is 7.88. The van der Waals surface area contributed by atoms with Crippen molar-refractivity contribution in [1.82, 2.24) is 14.3 Å². The molecule has 0 radical (unpaired) electrons. The van der Waals surface area contributed by atoms with Gasteiger partial charge in [0.05, 0.1) is 15.5 Å². The lowest BCUT2D eigenvalue weighted by atomic mass is 10.3. The van der Waals surface area contributed by atoms with Crippen molar-refractivity contribution in [2.75, 3.05) is 14.1 Å². The molecule has 10 heteroatoms. The molecule has 0 N–H and O–H groups in total. The Labute approximate surface area is 164 Å². The summed E-state index contributed by atoms with van der Waals surface area (Å²) < 4.78 is 36.8. The Morgan fingerprint density at radius 1 is 1.22 bits per heavy atom. The summed E-state index contributed by atoms with van der Waals surface area (Å²) in [7, 11) is -0.526. The molecule has 0 amide bonds. The second-order valence-corrected chi connectivity index (χ2v) is 9.83. The van der Waals surface area contributed by atoms with Crippen LogP contribution in [0.25, 0.3) is 21.9 Å². The van der Waals surface area contributed by atoms with Gasteiger partial charge in [0.15, 0.2) is 5.58 Å². The lowest BCUT2D eigenvalue weighted by molar-refractivity contribution is 0.489. The molecule has 4 aromatic rings. The van der Waals surface area contributed by atoms with E-state index in [4.69, 9.17) is 8.83 Å². The number of thiophene rings is 1. The minimum Gasteiger partial charge on any atom is -0.444 e. The van der Waals surface area contributed by atoms with Crippen molar-refractivity contribution < 1.29 is 17.3 Å². The number of aromatic nitrogens is 2. The van der Waals surface area contributed by atoms with Gasteiger partial charge >= 0.3 is 0 Å². The third-order valence-electron chi connectivity index (χ3n) is 3.75. The Balaban J connectivity index is 1.51. The number of sulfonamides is 1. The summed E-state index contributed by atoms with van der Waals surface area (Å²) in [6.07, 6.45) is 1.62. The van der Waals surface area contributed by atoms with E-state index in [0.29, 0.717) is 28.0 Å². The molecule has 27 heavy (non-hydrogen) atoms. The molecule has 0 saturated heterocycles. The number of oxazole rings is 2. The van der Waals surface area contributed by atoms with Crippen molar-refractivity contribution in [2.24, 2.45) is 0 Å². The van der Waals surface area contributed by atoms with Crippen LogP contribution in [0.4, 0.5) is 0 Å². The highest BCUT2D eigenvalue weighted by Gasteiger charge is 2.19. The number of rotatable bonds is 6. The summed E-state index contributed by atoms with van der Waals surface area (Å²) in [4.78, 5) is 9.99. The number of thioether (sulfide) groups is 1. The van der Waals surface area contributed by atoms with Crippen LogP contribution in [0.15, 0.2) is 60.9 Å². The molecule has 0 aliphatic carbocycles. The van der Waals surface area contributed by atoms with Crippen LogP contribution < -0.4 is 0 Å². The van der Waals surface area contributed by atoms with Crippen LogP contribution in [0, 0.1) is 0 Å². The van der Waals surface area contributed by atoms with Gasteiger partial charge in [-0.2, -0.15) is 0 Å². The second-order valence-electron chi connectivity index (χ2n) is 5.81. The van der Waals surface area contributed by atoms with E-state index in [9.17, 15) is 8.42 Å². The number of hydrogen-bond donors (Lipinski definition) is 0. The molecule has 0 saturated carbocycles. The smallest absolute Gasteiger partial charge is 0.257 e. The van der Waals surface area contributed by atoms with Crippen LogP contribution in [-0.4, -0.2) is 36.8 Å². The zero-order chi connectivity index (χ0) is 19.0. The summed E-state index contributed by atoms with van der Waals surface area (Å²) in [5, 5.41) is 2.42. The SMILES string of the molecule is CN(C)S(=O)(=O)c1ccc2oc(SCc3coc(-c4cccs4)n3)nc2c1. The quantitative estimate of drug-likeness (QED) is 0.433. The van der Waals surface area contributed by atoms with Crippen LogP contribution in [-0.2, 0) is 15.8 Å². The third kappa shape index (κ3) is 3.65. The summed E-state index contributed by atoms with van der Waals surface area (Å²) in [5.74, 6) is 1.13. The van der Waals surface area contributed by atoms with Crippen molar-refractivity contribution >= 4 is 44.2 Å². The first-order valence-corrected chi connectivity index (χ1v) is 11.2. The molecule has 4 rings (SSSR count). The minimum absolute atomic E-state index is 0.182. The average Bonchev–Trinajstić information content (AvgIpc) is 3.37. The number of fused-ring (bicyclic) bond motifs is 1. The lowest BCUT2D eigenvalue weighted by Gasteiger charge is -2.10. The predicted molar refractivity (Wildman–Crippen MR) is 104 cm³/mol.